The second-order valence-electron chi connectivity index (χ2n) is 5.22. The molecule has 4 nitrogen and oxygen atoms in total. The molecule has 0 aliphatic heterocycles. The van der Waals surface area contributed by atoms with Crippen LogP contribution in [0, 0.1) is 19.7 Å². The Bertz CT molecular complexity index is 701. The normalized spacial score (nSPS) is 10.3. The van der Waals surface area contributed by atoms with Crippen molar-refractivity contribution in [3.8, 4) is 11.5 Å². The van der Waals surface area contributed by atoms with Gasteiger partial charge >= 0.3 is 0 Å². The molecular weight excluding hydrogens is 297 g/mol. The first-order valence-corrected chi connectivity index (χ1v) is 7.33. The number of nitrogens with one attached hydrogen (secondary N) is 1. The number of hydrogen-bond acceptors (Lipinski definition) is 3. The van der Waals surface area contributed by atoms with E-state index in [1.165, 1.54) is 19.2 Å². The Morgan fingerprint density at radius 1 is 1.13 bits per heavy atom. The molecule has 0 aliphatic carbocycles. The molecule has 1 amide bonds. The van der Waals surface area contributed by atoms with Crippen LogP contribution in [-0.4, -0.2) is 26.2 Å². The van der Waals surface area contributed by atoms with E-state index in [0.29, 0.717) is 13.2 Å². The Labute approximate surface area is 135 Å². The van der Waals surface area contributed by atoms with E-state index >= 15 is 0 Å². The Morgan fingerprint density at radius 2 is 1.91 bits per heavy atom. The molecule has 2 aromatic carbocycles. The van der Waals surface area contributed by atoms with Gasteiger partial charge in [-0.15, -0.1) is 0 Å². The average molecular weight is 317 g/mol. The van der Waals surface area contributed by atoms with Gasteiger partial charge in [0.05, 0.1) is 13.7 Å². The predicted molar refractivity (Wildman–Crippen MR) is 86.7 cm³/mol. The summed E-state index contributed by atoms with van der Waals surface area (Å²) in [4.78, 5) is 12.0. The molecule has 0 aliphatic rings. The van der Waals surface area contributed by atoms with Crippen molar-refractivity contribution in [1.29, 1.82) is 0 Å². The monoisotopic (exact) mass is 317 g/mol. The van der Waals surface area contributed by atoms with Crippen LogP contribution < -0.4 is 14.8 Å². The fourth-order valence-corrected chi connectivity index (χ4v) is 2.10. The number of hydrogen-bond donors (Lipinski definition) is 1. The van der Waals surface area contributed by atoms with E-state index in [1.54, 1.807) is 0 Å². The van der Waals surface area contributed by atoms with Gasteiger partial charge in [0.15, 0.2) is 11.6 Å². The lowest BCUT2D eigenvalue weighted by Gasteiger charge is -2.11. The van der Waals surface area contributed by atoms with E-state index in [-0.39, 0.29) is 17.2 Å². The summed E-state index contributed by atoms with van der Waals surface area (Å²) in [5, 5.41) is 2.70. The summed E-state index contributed by atoms with van der Waals surface area (Å²) in [6.45, 7) is 4.63. The molecule has 0 atom stereocenters. The smallest absolute Gasteiger partial charge is 0.251 e. The first kappa shape index (κ1) is 16.8. The van der Waals surface area contributed by atoms with Gasteiger partial charge in [0.2, 0.25) is 0 Å². The lowest BCUT2D eigenvalue weighted by Crippen LogP contribution is -2.28. The molecule has 2 rings (SSSR count). The van der Waals surface area contributed by atoms with Crippen molar-refractivity contribution < 1.29 is 18.7 Å². The zero-order valence-electron chi connectivity index (χ0n) is 13.5. The summed E-state index contributed by atoms with van der Waals surface area (Å²) in [6, 6.07) is 10.1. The van der Waals surface area contributed by atoms with Crippen LogP contribution in [0.5, 0.6) is 11.5 Å². The Kier molecular flexibility index (Phi) is 5.57. The molecule has 2 aromatic rings. The molecule has 0 bridgehead atoms. The molecular formula is C18H20FNO3. The third kappa shape index (κ3) is 4.45. The van der Waals surface area contributed by atoms with E-state index in [9.17, 15) is 9.18 Å². The third-order valence-electron chi connectivity index (χ3n) is 3.40. The molecule has 0 heterocycles. The summed E-state index contributed by atoms with van der Waals surface area (Å²) < 4.78 is 24.0. The Morgan fingerprint density at radius 3 is 2.61 bits per heavy atom. The second-order valence-corrected chi connectivity index (χ2v) is 5.22. The maximum absolute atomic E-state index is 13.6. The summed E-state index contributed by atoms with van der Waals surface area (Å²) in [5.41, 5.74) is 2.40. The average Bonchev–Trinajstić information content (AvgIpc) is 2.54. The van der Waals surface area contributed by atoms with Crippen LogP contribution in [0.3, 0.4) is 0 Å². The highest BCUT2D eigenvalue weighted by atomic mass is 19.1. The standard InChI is InChI=1S/C18H20FNO3/c1-12-4-5-13(2)17(10-12)23-9-8-20-18(21)14-6-7-16(22-3)15(19)11-14/h4-7,10-11H,8-9H2,1-3H3,(H,20,21). The first-order valence-electron chi connectivity index (χ1n) is 7.33. The number of methoxy groups -OCH3 is 1. The molecule has 0 spiro atoms. The maximum atomic E-state index is 13.6. The van der Waals surface area contributed by atoms with Crippen LogP contribution in [0.2, 0.25) is 0 Å². The van der Waals surface area contributed by atoms with Crippen LogP contribution in [-0.2, 0) is 0 Å². The second kappa shape index (κ2) is 7.63. The van der Waals surface area contributed by atoms with Crippen molar-refractivity contribution in [3.63, 3.8) is 0 Å². The molecule has 0 unspecified atom stereocenters. The largest absolute Gasteiger partial charge is 0.494 e. The van der Waals surface area contributed by atoms with E-state index in [1.807, 2.05) is 32.0 Å². The highest BCUT2D eigenvalue weighted by molar-refractivity contribution is 5.94. The van der Waals surface area contributed by atoms with Crippen LogP contribution >= 0.6 is 0 Å². The quantitative estimate of drug-likeness (QED) is 0.832. The fraction of sp³-hybridized carbons (Fsp3) is 0.278. The number of halogens is 1. The van der Waals surface area contributed by atoms with Crippen molar-refractivity contribution in [1.82, 2.24) is 5.32 Å². The number of carbonyl (C=O) groups excluding carboxylic acids is 1. The molecule has 0 saturated heterocycles. The van der Waals surface area contributed by atoms with E-state index in [0.717, 1.165) is 22.9 Å². The third-order valence-corrected chi connectivity index (χ3v) is 3.40. The predicted octanol–water partition coefficient (Wildman–Crippen LogP) is 3.26. The fourth-order valence-electron chi connectivity index (χ4n) is 2.10. The van der Waals surface area contributed by atoms with Gasteiger partial charge in [-0.3, -0.25) is 4.79 Å². The van der Waals surface area contributed by atoms with Crippen LogP contribution in [0.25, 0.3) is 0 Å². The summed E-state index contributed by atoms with van der Waals surface area (Å²) in [5.74, 6) is -0.00236. The van der Waals surface area contributed by atoms with Gasteiger partial charge in [0.25, 0.3) is 5.91 Å². The maximum Gasteiger partial charge on any atom is 0.251 e. The molecule has 5 heteroatoms. The van der Waals surface area contributed by atoms with Gasteiger partial charge in [-0.05, 0) is 49.2 Å². The van der Waals surface area contributed by atoms with Gasteiger partial charge in [-0.25, -0.2) is 4.39 Å². The van der Waals surface area contributed by atoms with Gasteiger partial charge in [-0.1, -0.05) is 12.1 Å². The Balaban J connectivity index is 1.85. The van der Waals surface area contributed by atoms with Crippen molar-refractivity contribution in [2.75, 3.05) is 20.3 Å². The highest BCUT2D eigenvalue weighted by Gasteiger charge is 2.09. The van der Waals surface area contributed by atoms with Crippen molar-refractivity contribution in [2.24, 2.45) is 0 Å². The minimum absolute atomic E-state index is 0.111. The number of benzene rings is 2. The molecule has 0 aromatic heterocycles. The van der Waals surface area contributed by atoms with Gasteiger partial charge in [0, 0.05) is 5.56 Å². The number of rotatable bonds is 6. The number of carbonyl (C=O) groups is 1. The summed E-state index contributed by atoms with van der Waals surface area (Å²) in [6.07, 6.45) is 0. The van der Waals surface area contributed by atoms with E-state index < -0.39 is 5.82 Å². The van der Waals surface area contributed by atoms with Crippen molar-refractivity contribution in [2.45, 2.75) is 13.8 Å². The Hall–Kier alpha value is -2.56. The van der Waals surface area contributed by atoms with Crippen LogP contribution in [0.4, 0.5) is 4.39 Å². The highest BCUT2D eigenvalue weighted by Crippen LogP contribution is 2.19. The van der Waals surface area contributed by atoms with Crippen LogP contribution in [0.1, 0.15) is 21.5 Å². The van der Waals surface area contributed by atoms with Crippen molar-refractivity contribution in [3.05, 3.63) is 58.9 Å². The van der Waals surface area contributed by atoms with E-state index in [4.69, 9.17) is 9.47 Å². The minimum Gasteiger partial charge on any atom is -0.494 e. The summed E-state index contributed by atoms with van der Waals surface area (Å²) in [7, 11) is 1.38. The molecule has 0 fully saturated rings. The molecule has 0 saturated carbocycles. The number of aryl methyl sites for hydroxylation is 2. The zero-order chi connectivity index (χ0) is 16.8. The van der Waals surface area contributed by atoms with Crippen molar-refractivity contribution >= 4 is 5.91 Å². The van der Waals surface area contributed by atoms with Crippen LogP contribution in [0.15, 0.2) is 36.4 Å². The van der Waals surface area contributed by atoms with Gasteiger partial charge < -0.3 is 14.8 Å². The molecule has 1 N–H and O–H groups in total. The van der Waals surface area contributed by atoms with Gasteiger partial charge in [-0.2, -0.15) is 0 Å². The lowest BCUT2D eigenvalue weighted by molar-refractivity contribution is 0.0946. The first-order chi connectivity index (χ1) is 11.0. The minimum atomic E-state index is -0.563. The molecule has 0 radical (unpaired) electrons. The van der Waals surface area contributed by atoms with E-state index in [2.05, 4.69) is 5.32 Å². The molecule has 122 valence electrons. The summed E-state index contributed by atoms with van der Waals surface area (Å²) >= 11 is 0. The zero-order valence-corrected chi connectivity index (χ0v) is 13.5. The lowest BCUT2D eigenvalue weighted by atomic mass is 10.1. The molecule has 23 heavy (non-hydrogen) atoms. The van der Waals surface area contributed by atoms with Gasteiger partial charge in [0.1, 0.15) is 12.4 Å². The number of amides is 1. The number of ether oxygens (including phenoxy) is 2. The topological polar surface area (TPSA) is 47.6 Å². The SMILES string of the molecule is COc1ccc(C(=O)NCCOc2cc(C)ccc2C)cc1F.